The lowest BCUT2D eigenvalue weighted by atomic mass is 10.1. The van der Waals surface area contributed by atoms with E-state index < -0.39 is 23.6 Å². The molecule has 2 saturated heterocycles. The first kappa shape index (κ1) is 31.3. The van der Waals surface area contributed by atoms with Gasteiger partial charge in [0.15, 0.2) is 0 Å². The lowest BCUT2D eigenvalue weighted by Crippen LogP contribution is -2.49. The van der Waals surface area contributed by atoms with Gasteiger partial charge in [0.1, 0.15) is 5.82 Å². The highest BCUT2D eigenvalue weighted by molar-refractivity contribution is 6.00. The molecule has 2 aliphatic heterocycles. The largest absolute Gasteiger partial charge is 0.413 e. The fourth-order valence-corrected chi connectivity index (χ4v) is 5.61. The molecular formula is C32H35F3N8O3. The van der Waals surface area contributed by atoms with E-state index in [0.29, 0.717) is 64.0 Å². The fraction of sp³-hybridized carbons (Fsp3) is 0.406. The van der Waals surface area contributed by atoms with Crippen molar-refractivity contribution in [3.05, 3.63) is 66.0 Å². The molecule has 1 saturated carbocycles. The molecule has 0 spiro atoms. The van der Waals surface area contributed by atoms with Crippen LogP contribution in [0.3, 0.4) is 0 Å². The zero-order valence-electron chi connectivity index (χ0n) is 25.2. The highest BCUT2D eigenvalue weighted by Gasteiger charge is 2.43. The molecule has 1 aliphatic carbocycles. The average Bonchev–Trinajstić information content (AvgIpc) is 3.90. The van der Waals surface area contributed by atoms with Gasteiger partial charge in [-0.25, -0.2) is 15.0 Å². The van der Waals surface area contributed by atoms with E-state index in [1.54, 1.807) is 36.7 Å². The van der Waals surface area contributed by atoms with E-state index in [4.69, 9.17) is 15.5 Å². The Kier molecular flexibility index (Phi) is 9.06. The van der Waals surface area contributed by atoms with E-state index in [9.17, 15) is 22.8 Å². The molecular weight excluding hydrogens is 601 g/mol. The number of pyridine rings is 1. The normalized spacial score (nSPS) is 17.6. The van der Waals surface area contributed by atoms with E-state index in [1.165, 1.54) is 0 Å². The van der Waals surface area contributed by atoms with Crippen molar-refractivity contribution in [2.45, 2.75) is 25.4 Å². The summed E-state index contributed by atoms with van der Waals surface area (Å²) in [7, 11) is 0. The van der Waals surface area contributed by atoms with Crippen molar-refractivity contribution >= 4 is 35.0 Å². The Labute approximate surface area is 264 Å². The number of ether oxygens (including phenoxy) is 1. The minimum atomic E-state index is -4.52. The van der Waals surface area contributed by atoms with Gasteiger partial charge in [0.25, 0.3) is 0 Å². The number of carbonyl (C=O) groups excluding carboxylic acids is 2. The van der Waals surface area contributed by atoms with Gasteiger partial charge in [-0.2, -0.15) is 13.2 Å². The van der Waals surface area contributed by atoms with E-state index in [2.05, 4.69) is 31.2 Å². The summed E-state index contributed by atoms with van der Waals surface area (Å²) in [5, 5.41) is 2.49. The van der Waals surface area contributed by atoms with E-state index in [0.717, 1.165) is 41.4 Å². The monoisotopic (exact) mass is 636 g/mol. The number of amides is 2. The fourth-order valence-electron chi connectivity index (χ4n) is 5.61. The predicted octanol–water partition coefficient (Wildman–Crippen LogP) is 3.69. The van der Waals surface area contributed by atoms with Crippen LogP contribution in [0, 0.1) is 5.92 Å². The zero-order valence-corrected chi connectivity index (χ0v) is 25.2. The lowest BCUT2D eigenvalue weighted by molar-refractivity contribution is -0.130. The third kappa shape index (κ3) is 7.73. The maximum atomic E-state index is 13.2. The first-order valence-electron chi connectivity index (χ1n) is 15.3. The topological polar surface area (TPSA) is 130 Å². The summed E-state index contributed by atoms with van der Waals surface area (Å²) in [5.74, 6) is -0.412. The Bertz CT molecular complexity index is 1580. The van der Waals surface area contributed by atoms with Gasteiger partial charge in [-0.15, -0.1) is 0 Å². The molecule has 0 atom stereocenters. The molecule has 14 heteroatoms. The molecule has 46 heavy (non-hydrogen) atoms. The highest BCUT2D eigenvalue weighted by atomic mass is 19.4. The Hall–Kier alpha value is -4.72. The number of hydrogen-bond acceptors (Lipinski definition) is 9. The second-order valence-electron chi connectivity index (χ2n) is 11.6. The summed E-state index contributed by atoms with van der Waals surface area (Å²) in [4.78, 5) is 44.8. The Balaban J connectivity index is 1.06. The second-order valence-corrected chi connectivity index (χ2v) is 11.6. The number of hydrogen-bond donors (Lipinski definition) is 2. The standard InChI is InChI=1S/C32H35F3N8O3/c33-32(34,35)26(22-3-4-22)18-29(44)39-24-5-1-21(2-6-24)15-30(45)43-9-7-41(8-10-43)25-16-27(23-19-37-31(36)38-20-23)40-28(17-25)42-11-13-46-14-12-42/h1-2,5-6,16-20,22H,3-4,7-15H2,(H,39,44)(H2,36,37,38)/b26-18+. The summed E-state index contributed by atoms with van der Waals surface area (Å²) < 4.78 is 45.2. The Morgan fingerprint density at radius 1 is 0.957 bits per heavy atom. The number of nitrogens with one attached hydrogen (secondary N) is 1. The quantitative estimate of drug-likeness (QED) is 0.356. The van der Waals surface area contributed by atoms with E-state index >= 15 is 0 Å². The van der Waals surface area contributed by atoms with Crippen LogP contribution in [0.1, 0.15) is 18.4 Å². The summed E-state index contributed by atoms with van der Waals surface area (Å²) in [6.07, 6.45) is 0.501. The molecule has 6 rings (SSSR count). The van der Waals surface area contributed by atoms with Crippen LogP contribution in [0.25, 0.3) is 11.3 Å². The van der Waals surface area contributed by atoms with Gasteiger partial charge in [-0.3, -0.25) is 9.59 Å². The number of allylic oxidation sites excluding steroid dienone is 1. The van der Waals surface area contributed by atoms with Gasteiger partial charge in [0, 0.05) is 86.3 Å². The van der Waals surface area contributed by atoms with Crippen molar-refractivity contribution in [2.75, 3.05) is 73.3 Å². The van der Waals surface area contributed by atoms with Gasteiger partial charge in [0.2, 0.25) is 17.8 Å². The minimum absolute atomic E-state index is 0.0259. The number of morpholine rings is 1. The van der Waals surface area contributed by atoms with Gasteiger partial charge in [-0.05, 0) is 42.5 Å². The van der Waals surface area contributed by atoms with Crippen molar-refractivity contribution in [2.24, 2.45) is 5.92 Å². The molecule has 242 valence electrons. The Morgan fingerprint density at radius 2 is 1.63 bits per heavy atom. The lowest BCUT2D eigenvalue weighted by Gasteiger charge is -2.37. The van der Waals surface area contributed by atoms with E-state index in [-0.39, 0.29) is 18.3 Å². The number of nitrogen functional groups attached to an aromatic ring is 1. The third-order valence-corrected chi connectivity index (χ3v) is 8.30. The molecule has 4 heterocycles. The summed E-state index contributed by atoms with van der Waals surface area (Å²) in [6.45, 7) is 5.08. The number of anilines is 4. The number of aromatic nitrogens is 3. The van der Waals surface area contributed by atoms with Crippen LogP contribution >= 0.6 is 0 Å². The first-order valence-corrected chi connectivity index (χ1v) is 15.3. The molecule has 2 amide bonds. The molecule has 11 nitrogen and oxygen atoms in total. The number of halogens is 3. The molecule has 3 aromatic rings. The van der Waals surface area contributed by atoms with Crippen LogP contribution in [0.2, 0.25) is 0 Å². The van der Waals surface area contributed by atoms with Crippen molar-refractivity contribution in [1.82, 2.24) is 19.9 Å². The first-order chi connectivity index (χ1) is 22.1. The maximum Gasteiger partial charge on any atom is 0.413 e. The van der Waals surface area contributed by atoms with Crippen molar-refractivity contribution in [3.8, 4) is 11.3 Å². The van der Waals surface area contributed by atoms with Crippen molar-refractivity contribution < 1.29 is 27.5 Å². The minimum Gasteiger partial charge on any atom is -0.378 e. The second kappa shape index (κ2) is 13.3. The summed E-state index contributed by atoms with van der Waals surface area (Å²) in [5.41, 5.74) is 8.49. The van der Waals surface area contributed by atoms with Gasteiger partial charge < -0.3 is 30.5 Å². The van der Waals surface area contributed by atoms with Gasteiger partial charge in [-0.1, -0.05) is 12.1 Å². The number of benzene rings is 1. The number of rotatable bonds is 8. The smallest absolute Gasteiger partial charge is 0.378 e. The van der Waals surface area contributed by atoms with E-state index in [1.807, 2.05) is 11.0 Å². The molecule has 3 fully saturated rings. The summed E-state index contributed by atoms with van der Waals surface area (Å²) in [6, 6.07) is 10.7. The van der Waals surface area contributed by atoms with Crippen LogP contribution in [0.5, 0.6) is 0 Å². The van der Waals surface area contributed by atoms with Crippen LogP contribution in [0.4, 0.5) is 36.3 Å². The number of carbonyl (C=O) groups is 2. The molecule has 0 radical (unpaired) electrons. The molecule has 1 aromatic carbocycles. The van der Waals surface area contributed by atoms with Crippen molar-refractivity contribution in [3.63, 3.8) is 0 Å². The molecule has 0 unspecified atom stereocenters. The van der Waals surface area contributed by atoms with Crippen LogP contribution in [0.15, 0.2) is 60.4 Å². The number of piperazine rings is 1. The average molecular weight is 637 g/mol. The Morgan fingerprint density at radius 3 is 2.26 bits per heavy atom. The van der Waals surface area contributed by atoms with Gasteiger partial charge in [0.05, 0.1) is 25.3 Å². The zero-order chi connectivity index (χ0) is 32.3. The third-order valence-electron chi connectivity index (χ3n) is 8.30. The molecule has 0 bridgehead atoms. The molecule has 3 aliphatic rings. The highest BCUT2D eigenvalue weighted by Crippen LogP contribution is 2.44. The maximum absolute atomic E-state index is 13.2. The van der Waals surface area contributed by atoms with Crippen LogP contribution in [-0.4, -0.2) is 90.3 Å². The SMILES string of the molecule is Nc1ncc(-c2cc(N3CCN(C(=O)Cc4ccc(NC(=O)/C=C(\C5CC5)C(F)(F)F)cc4)CC3)cc(N3CCOCC3)n2)cn1. The predicted molar refractivity (Wildman–Crippen MR) is 167 cm³/mol. The van der Waals surface area contributed by atoms with Crippen LogP contribution < -0.4 is 20.9 Å². The number of alkyl halides is 3. The van der Waals surface area contributed by atoms with Crippen LogP contribution in [-0.2, 0) is 20.7 Å². The summed E-state index contributed by atoms with van der Waals surface area (Å²) >= 11 is 0. The number of nitrogens with two attached hydrogens (primary N) is 1. The molecule has 2 aromatic heterocycles. The van der Waals surface area contributed by atoms with Crippen molar-refractivity contribution in [1.29, 1.82) is 0 Å². The molecule has 3 N–H and O–H groups in total. The van der Waals surface area contributed by atoms with Gasteiger partial charge >= 0.3 is 6.18 Å². The number of nitrogens with zero attached hydrogens (tertiary/aromatic N) is 6.